The zero-order valence-electron chi connectivity index (χ0n) is 13.2. The number of carbonyl (C=O) groups is 2. The van der Waals surface area contributed by atoms with Crippen molar-refractivity contribution in [2.24, 2.45) is 0 Å². The molecule has 0 bridgehead atoms. The number of halogens is 1. The van der Waals surface area contributed by atoms with Crippen molar-refractivity contribution in [2.75, 3.05) is 5.75 Å². The van der Waals surface area contributed by atoms with Crippen LogP contribution in [0.15, 0.2) is 59.5 Å². The van der Waals surface area contributed by atoms with E-state index in [4.69, 9.17) is 0 Å². The second-order valence-electron chi connectivity index (χ2n) is 5.28. The number of benzene rings is 2. The van der Waals surface area contributed by atoms with E-state index in [0.29, 0.717) is 5.56 Å². The van der Waals surface area contributed by atoms with Crippen molar-refractivity contribution in [2.45, 2.75) is 17.7 Å². The molecule has 0 saturated carbocycles. The van der Waals surface area contributed by atoms with E-state index in [0.717, 1.165) is 0 Å². The average molecular weight is 364 g/mol. The molecular weight excluding hydrogens is 347 g/mol. The van der Waals surface area contributed by atoms with E-state index in [9.17, 15) is 22.4 Å². The van der Waals surface area contributed by atoms with Gasteiger partial charge in [-0.3, -0.25) is 20.4 Å². The molecule has 0 saturated heterocycles. The molecule has 2 N–H and O–H groups in total. The Hall–Kier alpha value is -2.74. The van der Waals surface area contributed by atoms with Gasteiger partial charge in [0.25, 0.3) is 0 Å². The van der Waals surface area contributed by atoms with Crippen molar-refractivity contribution in [3.63, 3.8) is 0 Å². The third-order valence-corrected chi connectivity index (χ3v) is 5.05. The van der Waals surface area contributed by atoms with Gasteiger partial charge in [-0.1, -0.05) is 30.3 Å². The number of hydrazine groups is 1. The first kappa shape index (κ1) is 18.6. The molecule has 0 fully saturated rings. The Kier molecular flexibility index (Phi) is 6.24. The van der Waals surface area contributed by atoms with Crippen molar-refractivity contribution >= 4 is 21.7 Å². The maximum atomic E-state index is 12.8. The molecular formula is C17H17FN2O4S. The lowest BCUT2D eigenvalue weighted by molar-refractivity contribution is -0.128. The minimum absolute atomic E-state index is 0.0388. The van der Waals surface area contributed by atoms with E-state index in [-0.39, 0.29) is 23.5 Å². The van der Waals surface area contributed by atoms with E-state index >= 15 is 0 Å². The molecule has 0 unspecified atom stereocenters. The molecule has 2 amide bonds. The average Bonchev–Trinajstić information content (AvgIpc) is 2.61. The predicted octanol–water partition coefficient (Wildman–Crippen LogP) is 1.38. The summed E-state index contributed by atoms with van der Waals surface area (Å²) in [6.45, 7) is 0. The lowest BCUT2D eigenvalue weighted by Gasteiger charge is -2.08. The fourth-order valence-electron chi connectivity index (χ4n) is 2.01. The van der Waals surface area contributed by atoms with Gasteiger partial charge < -0.3 is 0 Å². The number of carbonyl (C=O) groups excluding carboxylic acids is 2. The number of nitrogens with one attached hydrogen (secondary N) is 2. The van der Waals surface area contributed by atoms with Crippen molar-refractivity contribution in [1.29, 1.82) is 0 Å². The van der Waals surface area contributed by atoms with E-state index in [1.54, 1.807) is 18.2 Å². The molecule has 0 radical (unpaired) electrons. The van der Waals surface area contributed by atoms with Gasteiger partial charge in [-0.15, -0.1) is 0 Å². The van der Waals surface area contributed by atoms with Crippen molar-refractivity contribution in [1.82, 2.24) is 10.9 Å². The Morgan fingerprint density at radius 3 is 2.12 bits per heavy atom. The topological polar surface area (TPSA) is 92.3 Å². The highest BCUT2D eigenvalue weighted by Crippen LogP contribution is 2.10. The highest BCUT2D eigenvalue weighted by atomic mass is 32.2. The second-order valence-corrected chi connectivity index (χ2v) is 7.39. The summed E-state index contributed by atoms with van der Waals surface area (Å²) in [5.41, 5.74) is 4.94. The summed E-state index contributed by atoms with van der Waals surface area (Å²) in [7, 11) is -3.56. The van der Waals surface area contributed by atoms with Crippen molar-refractivity contribution in [3.8, 4) is 0 Å². The largest absolute Gasteiger partial charge is 0.273 e. The molecule has 0 aromatic heterocycles. The molecule has 0 aliphatic rings. The number of hydrogen-bond acceptors (Lipinski definition) is 4. The fraction of sp³-hybridized carbons (Fsp3) is 0.176. The molecule has 25 heavy (non-hydrogen) atoms. The molecule has 132 valence electrons. The van der Waals surface area contributed by atoms with Crippen LogP contribution in [0, 0.1) is 5.82 Å². The van der Waals surface area contributed by atoms with Crippen LogP contribution in [0.5, 0.6) is 0 Å². The minimum Gasteiger partial charge on any atom is -0.273 e. The van der Waals surface area contributed by atoms with Crippen molar-refractivity contribution < 1.29 is 22.4 Å². The first-order chi connectivity index (χ1) is 11.9. The van der Waals surface area contributed by atoms with E-state index < -0.39 is 27.5 Å². The van der Waals surface area contributed by atoms with Gasteiger partial charge >= 0.3 is 0 Å². The first-order valence-electron chi connectivity index (χ1n) is 7.47. The molecule has 8 heteroatoms. The van der Waals surface area contributed by atoms with Crippen LogP contribution in [0.2, 0.25) is 0 Å². The first-order valence-corrected chi connectivity index (χ1v) is 9.12. The van der Waals surface area contributed by atoms with Crippen LogP contribution < -0.4 is 10.9 Å². The Balaban J connectivity index is 1.77. The van der Waals surface area contributed by atoms with Crippen LogP contribution in [0.4, 0.5) is 4.39 Å². The van der Waals surface area contributed by atoms with Gasteiger partial charge in [0.15, 0.2) is 9.84 Å². The predicted molar refractivity (Wildman–Crippen MR) is 89.5 cm³/mol. The lowest BCUT2D eigenvalue weighted by Crippen LogP contribution is -2.42. The minimum atomic E-state index is -3.56. The summed E-state index contributed by atoms with van der Waals surface area (Å²) in [5.74, 6) is -1.88. The highest BCUT2D eigenvalue weighted by molar-refractivity contribution is 7.91. The molecule has 0 aliphatic carbocycles. The quantitative estimate of drug-likeness (QED) is 0.758. The van der Waals surface area contributed by atoms with Crippen LogP contribution in [-0.2, 0) is 25.8 Å². The van der Waals surface area contributed by atoms with Gasteiger partial charge in [0.2, 0.25) is 11.8 Å². The maximum absolute atomic E-state index is 12.8. The standard InChI is InChI=1S/C17H17FN2O4S/c18-14-8-6-13(7-9-14)12-17(22)20-19-16(21)10-11-25(23,24)15-4-2-1-3-5-15/h1-9H,10-12H2,(H,19,21)(H,20,22). The Bertz CT molecular complexity index is 837. The molecule has 0 heterocycles. The molecule has 2 aromatic rings. The Morgan fingerprint density at radius 1 is 0.880 bits per heavy atom. The van der Waals surface area contributed by atoms with Gasteiger partial charge in [0.05, 0.1) is 17.1 Å². The summed E-state index contributed by atoms with van der Waals surface area (Å²) in [6, 6.07) is 13.2. The number of amides is 2. The van der Waals surface area contributed by atoms with Gasteiger partial charge in [-0.2, -0.15) is 0 Å². The van der Waals surface area contributed by atoms with E-state index in [1.807, 2.05) is 0 Å². The molecule has 0 spiro atoms. The summed E-state index contributed by atoms with van der Waals surface area (Å²) in [4.78, 5) is 23.5. The number of rotatable bonds is 6. The van der Waals surface area contributed by atoms with Crippen LogP contribution in [0.25, 0.3) is 0 Å². The molecule has 0 atom stereocenters. The second kappa shape index (κ2) is 8.39. The number of sulfone groups is 1. The van der Waals surface area contributed by atoms with Gasteiger partial charge in [-0.05, 0) is 29.8 Å². The smallest absolute Gasteiger partial charge is 0.242 e. The van der Waals surface area contributed by atoms with Gasteiger partial charge in [0, 0.05) is 6.42 Å². The maximum Gasteiger partial charge on any atom is 0.242 e. The molecule has 2 rings (SSSR count). The Morgan fingerprint density at radius 2 is 1.48 bits per heavy atom. The molecule has 0 aliphatic heterocycles. The summed E-state index contributed by atoms with van der Waals surface area (Å²) < 4.78 is 36.9. The summed E-state index contributed by atoms with van der Waals surface area (Å²) in [5, 5.41) is 0. The Labute approximate surface area is 144 Å². The SMILES string of the molecule is O=C(CCS(=O)(=O)c1ccccc1)NNC(=O)Cc1ccc(F)cc1. The fourth-order valence-corrected chi connectivity index (χ4v) is 3.27. The third-order valence-electron chi connectivity index (χ3n) is 3.32. The van der Waals surface area contributed by atoms with E-state index in [2.05, 4.69) is 10.9 Å². The van der Waals surface area contributed by atoms with Crippen LogP contribution in [0.1, 0.15) is 12.0 Å². The van der Waals surface area contributed by atoms with Crippen molar-refractivity contribution in [3.05, 3.63) is 66.0 Å². The lowest BCUT2D eigenvalue weighted by atomic mass is 10.1. The van der Waals surface area contributed by atoms with Crippen LogP contribution >= 0.6 is 0 Å². The van der Waals surface area contributed by atoms with Crippen LogP contribution in [0.3, 0.4) is 0 Å². The highest BCUT2D eigenvalue weighted by Gasteiger charge is 2.16. The summed E-state index contributed by atoms with van der Waals surface area (Å²) >= 11 is 0. The van der Waals surface area contributed by atoms with Crippen LogP contribution in [-0.4, -0.2) is 26.0 Å². The normalized spacial score (nSPS) is 10.9. The monoisotopic (exact) mass is 364 g/mol. The van der Waals surface area contributed by atoms with E-state index in [1.165, 1.54) is 36.4 Å². The summed E-state index contributed by atoms with van der Waals surface area (Å²) in [6.07, 6.45) is -0.322. The zero-order valence-corrected chi connectivity index (χ0v) is 14.1. The zero-order chi connectivity index (χ0) is 18.3. The third kappa shape index (κ3) is 6.00. The van der Waals surface area contributed by atoms with Gasteiger partial charge in [0.1, 0.15) is 5.82 Å². The number of hydrogen-bond donors (Lipinski definition) is 2. The molecule has 6 nitrogen and oxygen atoms in total. The molecule has 2 aromatic carbocycles. The van der Waals surface area contributed by atoms with Gasteiger partial charge in [-0.25, -0.2) is 12.8 Å².